The van der Waals surface area contributed by atoms with E-state index in [0.717, 1.165) is 12.8 Å². The lowest BCUT2D eigenvalue weighted by Crippen LogP contribution is -2.44. The van der Waals surface area contributed by atoms with Crippen LogP contribution in [-0.2, 0) is 10.0 Å². The molecule has 0 aromatic heterocycles. The fourth-order valence-electron chi connectivity index (χ4n) is 2.38. The molecule has 1 saturated heterocycles. The molecule has 0 amide bonds. The number of nitrogens with two attached hydrogens (primary N) is 1. The first-order chi connectivity index (χ1) is 8.91. The summed E-state index contributed by atoms with van der Waals surface area (Å²) in [4.78, 5) is 0.138. The van der Waals surface area contributed by atoms with Crippen LogP contribution >= 0.6 is 12.4 Å². The van der Waals surface area contributed by atoms with Crippen LogP contribution in [0, 0.1) is 11.7 Å². The highest BCUT2D eigenvalue weighted by Gasteiger charge is 2.31. The zero-order valence-corrected chi connectivity index (χ0v) is 13.0. The Labute approximate surface area is 125 Å². The highest BCUT2D eigenvalue weighted by molar-refractivity contribution is 7.89. The second-order valence-electron chi connectivity index (χ2n) is 5.08. The predicted octanol–water partition coefficient (Wildman–Crippen LogP) is 2.00. The molecule has 1 aromatic carbocycles. The van der Waals surface area contributed by atoms with Crippen molar-refractivity contribution in [3.8, 4) is 0 Å². The van der Waals surface area contributed by atoms with E-state index < -0.39 is 15.8 Å². The number of rotatable bonds is 3. The summed E-state index contributed by atoms with van der Waals surface area (Å²) in [6.07, 6.45) is 1.76. The van der Waals surface area contributed by atoms with E-state index in [2.05, 4.69) is 0 Å². The normalized spacial score (nSPS) is 22.1. The quantitative estimate of drug-likeness (QED) is 0.925. The summed E-state index contributed by atoms with van der Waals surface area (Å²) in [6.45, 7) is 2.85. The van der Waals surface area contributed by atoms with E-state index in [-0.39, 0.29) is 29.3 Å². The number of hydrogen-bond acceptors (Lipinski definition) is 3. The van der Waals surface area contributed by atoms with Crippen molar-refractivity contribution in [2.24, 2.45) is 11.7 Å². The summed E-state index contributed by atoms with van der Waals surface area (Å²) in [5.74, 6) is -0.255. The van der Waals surface area contributed by atoms with Crippen molar-refractivity contribution in [2.75, 3.05) is 13.1 Å². The Balaban J connectivity index is 0.00000200. The van der Waals surface area contributed by atoms with Gasteiger partial charge < -0.3 is 5.73 Å². The Morgan fingerprint density at radius 1 is 1.35 bits per heavy atom. The van der Waals surface area contributed by atoms with Crippen LogP contribution in [0.15, 0.2) is 29.2 Å². The van der Waals surface area contributed by atoms with Crippen LogP contribution < -0.4 is 5.73 Å². The van der Waals surface area contributed by atoms with Gasteiger partial charge >= 0.3 is 0 Å². The molecular weight excluding hydrogens is 303 g/mol. The first-order valence-corrected chi connectivity index (χ1v) is 7.86. The first-order valence-electron chi connectivity index (χ1n) is 6.42. The summed E-state index contributed by atoms with van der Waals surface area (Å²) in [5.41, 5.74) is 5.86. The van der Waals surface area contributed by atoms with Gasteiger partial charge in [-0.05, 0) is 49.9 Å². The molecule has 1 fully saturated rings. The van der Waals surface area contributed by atoms with Crippen LogP contribution in [-0.4, -0.2) is 31.9 Å². The van der Waals surface area contributed by atoms with E-state index in [1.165, 1.54) is 28.6 Å². The van der Waals surface area contributed by atoms with Gasteiger partial charge in [-0.1, -0.05) is 0 Å². The molecule has 114 valence electrons. The van der Waals surface area contributed by atoms with Gasteiger partial charge in [-0.3, -0.25) is 0 Å². The molecule has 2 N–H and O–H groups in total. The average molecular weight is 323 g/mol. The Morgan fingerprint density at radius 2 is 1.95 bits per heavy atom. The fourth-order valence-corrected chi connectivity index (χ4v) is 3.91. The third-order valence-corrected chi connectivity index (χ3v) is 5.49. The summed E-state index contributed by atoms with van der Waals surface area (Å²) < 4.78 is 39.2. The molecule has 1 aromatic rings. The van der Waals surface area contributed by atoms with Gasteiger partial charge in [0.1, 0.15) is 5.82 Å². The lowest BCUT2D eigenvalue weighted by Gasteiger charge is -2.33. The molecule has 0 spiro atoms. The lowest BCUT2D eigenvalue weighted by atomic mass is 9.93. The molecule has 2 unspecified atom stereocenters. The fraction of sp³-hybridized carbons (Fsp3) is 0.538. The summed E-state index contributed by atoms with van der Waals surface area (Å²) >= 11 is 0. The van der Waals surface area contributed by atoms with Gasteiger partial charge in [0.25, 0.3) is 0 Å². The number of sulfonamides is 1. The van der Waals surface area contributed by atoms with Crippen molar-refractivity contribution in [1.29, 1.82) is 0 Å². The second kappa shape index (κ2) is 6.85. The average Bonchev–Trinajstić information content (AvgIpc) is 2.39. The number of halogens is 2. The van der Waals surface area contributed by atoms with E-state index in [9.17, 15) is 12.8 Å². The Bertz CT molecular complexity index is 534. The highest BCUT2D eigenvalue weighted by Crippen LogP contribution is 2.25. The summed E-state index contributed by atoms with van der Waals surface area (Å²) in [5, 5.41) is 0. The highest BCUT2D eigenvalue weighted by atomic mass is 35.5. The Morgan fingerprint density at radius 3 is 2.50 bits per heavy atom. The summed E-state index contributed by atoms with van der Waals surface area (Å²) in [6, 6.07) is 4.92. The van der Waals surface area contributed by atoms with E-state index in [4.69, 9.17) is 5.73 Å². The number of benzene rings is 1. The largest absolute Gasteiger partial charge is 0.328 e. The van der Waals surface area contributed by atoms with Gasteiger partial charge in [-0.25, -0.2) is 12.8 Å². The first kappa shape index (κ1) is 17.4. The minimum absolute atomic E-state index is 0. The molecule has 1 aliphatic heterocycles. The molecule has 7 heteroatoms. The zero-order valence-electron chi connectivity index (χ0n) is 11.3. The molecule has 2 rings (SSSR count). The molecule has 20 heavy (non-hydrogen) atoms. The molecule has 1 heterocycles. The molecule has 4 nitrogen and oxygen atoms in total. The van der Waals surface area contributed by atoms with Crippen LogP contribution in [0.4, 0.5) is 4.39 Å². The molecule has 0 radical (unpaired) electrons. The van der Waals surface area contributed by atoms with Crippen LogP contribution in [0.1, 0.15) is 19.8 Å². The maximum absolute atomic E-state index is 12.9. The minimum atomic E-state index is -3.53. The molecular formula is C13H20ClFN2O2S. The monoisotopic (exact) mass is 322 g/mol. The smallest absolute Gasteiger partial charge is 0.243 e. The Kier molecular flexibility index (Phi) is 5.94. The standard InChI is InChI=1S/C13H19FN2O2S.ClH/c1-10(15)11-3-2-8-16(9-11)19(17,18)13-6-4-12(14)5-7-13;/h4-7,10-11H,2-3,8-9,15H2,1H3;1H. The lowest BCUT2D eigenvalue weighted by molar-refractivity contribution is 0.243. The van der Waals surface area contributed by atoms with Gasteiger partial charge in [0, 0.05) is 19.1 Å². The van der Waals surface area contributed by atoms with Crippen molar-refractivity contribution in [3.05, 3.63) is 30.1 Å². The van der Waals surface area contributed by atoms with E-state index in [0.29, 0.717) is 13.1 Å². The molecule has 1 aliphatic rings. The van der Waals surface area contributed by atoms with Gasteiger partial charge in [-0.2, -0.15) is 4.31 Å². The van der Waals surface area contributed by atoms with Crippen molar-refractivity contribution < 1.29 is 12.8 Å². The topological polar surface area (TPSA) is 63.4 Å². The van der Waals surface area contributed by atoms with Gasteiger partial charge in [-0.15, -0.1) is 12.4 Å². The third kappa shape index (κ3) is 3.69. The van der Waals surface area contributed by atoms with Crippen LogP contribution in [0.3, 0.4) is 0 Å². The van der Waals surface area contributed by atoms with Gasteiger partial charge in [0.05, 0.1) is 4.90 Å². The van der Waals surface area contributed by atoms with Crippen LogP contribution in [0.2, 0.25) is 0 Å². The van der Waals surface area contributed by atoms with Crippen molar-refractivity contribution >= 4 is 22.4 Å². The van der Waals surface area contributed by atoms with Crippen molar-refractivity contribution in [2.45, 2.75) is 30.7 Å². The maximum Gasteiger partial charge on any atom is 0.243 e. The minimum Gasteiger partial charge on any atom is -0.328 e. The van der Waals surface area contributed by atoms with E-state index >= 15 is 0 Å². The second-order valence-corrected chi connectivity index (χ2v) is 7.02. The van der Waals surface area contributed by atoms with Gasteiger partial charge in [0.2, 0.25) is 10.0 Å². The van der Waals surface area contributed by atoms with Crippen molar-refractivity contribution in [3.63, 3.8) is 0 Å². The van der Waals surface area contributed by atoms with E-state index in [1.807, 2.05) is 6.92 Å². The third-order valence-electron chi connectivity index (χ3n) is 3.62. The summed E-state index contributed by atoms with van der Waals surface area (Å²) in [7, 11) is -3.53. The Hall–Kier alpha value is -0.690. The molecule has 2 atom stereocenters. The number of nitrogens with zero attached hydrogens (tertiary/aromatic N) is 1. The maximum atomic E-state index is 12.9. The van der Waals surface area contributed by atoms with Crippen molar-refractivity contribution in [1.82, 2.24) is 4.31 Å². The number of hydrogen-bond donors (Lipinski definition) is 1. The zero-order chi connectivity index (χ0) is 14.0. The predicted molar refractivity (Wildman–Crippen MR) is 78.8 cm³/mol. The van der Waals surface area contributed by atoms with Gasteiger partial charge in [0.15, 0.2) is 0 Å². The molecule has 0 bridgehead atoms. The number of piperidine rings is 1. The van der Waals surface area contributed by atoms with Crippen LogP contribution in [0.25, 0.3) is 0 Å². The molecule has 0 aliphatic carbocycles. The molecule has 0 saturated carbocycles. The van der Waals surface area contributed by atoms with Crippen LogP contribution in [0.5, 0.6) is 0 Å². The van der Waals surface area contributed by atoms with E-state index in [1.54, 1.807) is 0 Å². The SMILES string of the molecule is CC(N)C1CCCN(S(=O)(=O)c2ccc(F)cc2)C1.Cl.